The molecule has 0 aliphatic carbocycles. The van der Waals surface area contributed by atoms with Crippen molar-refractivity contribution < 1.29 is 0 Å². The molecule has 0 saturated heterocycles. The van der Waals surface area contributed by atoms with E-state index in [1.807, 2.05) is 11.6 Å². The molecule has 2 nitrogen and oxygen atoms in total. The molecule has 0 spiro atoms. The van der Waals surface area contributed by atoms with E-state index in [9.17, 15) is 0 Å². The van der Waals surface area contributed by atoms with Gasteiger partial charge < -0.3 is 0 Å². The van der Waals surface area contributed by atoms with Gasteiger partial charge in [0.25, 0.3) is 0 Å². The Morgan fingerprint density at radius 1 is 1.46 bits per heavy atom. The molecule has 1 heterocycles. The number of hydrogen-bond acceptors (Lipinski definition) is 1. The van der Waals surface area contributed by atoms with Crippen molar-refractivity contribution in [2.24, 2.45) is 0 Å². The van der Waals surface area contributed by atoms with Gasteiger partial charge in [-0.15, -0.1) is 0 Å². The summed E-state index contributed by atoms with van der Waals surface area (Å²) >= 11 is 3.37. The van der Waals surface area contributed by atoms with Gasteiger partial charge in [-0.05, 0) is 20.8 Å². The molecule has 3 heteroatoms. The molecule has 1 aromatic rings. The Morgan fingerprint density at radius 3 is 2.62 bits per heavy atom. The van der Waals surface area contributed by atoms with Crippen LogP contribution in [0.4, 0.5) is 0 Å². The Kier molecular flexibility index (Phi) is 3.72. The molecule has 0 aromatic carbocycles. The molecule has 13 heavy (non-hydrogen) atoms. The highest BCUT2D eigenvalue weighted by molar-refractivity contribution is 9.09. The van der Waals surface area contributed by atoms with Crippen LogP contribution in [0.2, 0.25) is 0 Å². The Balaban J connectivity index is 3.05. The fourth-order valence-corrected chi connectivity index (χ4v) is 1.61. The second kappa shape index (κ2) is 4.61. The Morgan fingerprint density at radius 2 is 2.15 bits per heavy atom. The summed E-state index contributed by atoms with van der Waals surface area (Å²) in [4.78, 5) is 0. The second-order valence-electron chi connectivity index (χ2n) is 2.96. The topological polar surface area (TPSA) is 17.8 Å². The fourth-order valence-electron chi connectivity index (χ4n) is 1.42. The van der Waals surface area contributed by atoms with E-state index in [-0.39, 0.29) is 0 Å². The molecule has 0 aliphatic heterocycles. The minimum absolute atomic E-state index is 0.892. The second-order valence-corrected chi connectivity index (χ2v) is 3.60. The quantitative estimate of drug-likeness (QED) is 0.746. The highest BCUT2D eigenvalue weighted by Gasteiger charge is 2.06. The minimum Gasteiger partial charge on any atom is -0.269 e. The first-order valence-electron chi connectivity index (χ1n) is 4.47. The van der Waals surface area contributed by atoms with E-state index in [0.29, 0.717) is 0 Å². The van der Waals surface area contributed by atoms with E-state index in [4.69, 9.17) is 0 Å². The highest BCUT2D eigenvalue weighted by Crippen LogP contribution is 2.14. The van der Waals surface area contributed by atoms with E-state index in [1.165, 1.54) is 11.3 Å². The summed E-state index contributed by atoms with van der Waals surface area (Å²) < 4.78 is 2.03. The van der Waals surface area contributed by atoms with Gasteiger partial charge >= 0.3 is 0 Å². The van der Waals surface area contributed by atoms with Crippen molar-refractivity contribution in [2.75, 3.05) is 5.33 Å². The minimum atomic E-state index is 0.892. The van der Waals surface area contributed by atoms with Gasteiger partial charge in [0.15, 0.2) is 0 Å². The number of alkyl halides is 1. The van der Waals surface area contributed by atoms with Gasteiger partial charge in [0.05, 0.1) is 5.69 Å². The first kappa shape index (κ1) is 10.5. The first-order chi connectivity index (χ1) is 6.20. The van der Waals surface area contributed by atoms with Gasteiger partial charge in [0.2, 0.25) is 0 Å². The van der Waals surface area contributed by atoms with Crippen molar-refractivity contribution in [3.63, 3.8) is 0 Å². The Bertz CT molecular complexity index is 313. The van der Waals surface area contributed by atoms with Crippen LogP contribution in [0.15, 0.2) is 6.08 Å². The highest BCUT2D eigenvalue weighted by atomic mass is 79.9. The summed E-state index contributed by atoms with van der Waals surface area (Å²) in [5.41, 5.74) is 3.61. The number of rotatable bonds is 3. The third-order valence-corrected chi connectivity index (χ3v) is 2.48. The van der Waals surface area contributed by atoms with Gasteiger partial charge in [0, 0.05) is 23.1 Å². The lowest BCUT2D eigenvalue weighted by atomic mass is 10.2. The van der Waals surface area contributed by atoms with Gasteiger partial charge in [0.1, 0.15) is 0 Å². The molecule has 1 aromatic heterocycles. The number of aryl methyl sites for hydroxylation is 2. The maximum Gasteiger partial charge on any atom is 0.0668 e. The van der Waals surface area contributed by atoms with Crippen LogP contribution in [0.3, 0.4) is 0 Å². The number of halogens is 1. The molecule has 0 N–H and O–H groups in total. The first-order valence-corrected chi connectivity index (χ1v) is 5.59. The van der Waals surface area contributed by atoms with Crippen molar-refractivity contribution in [1.29, 1.82) is 0 Å². The van der Waals surface area contributed by atoms with E-state index in [1.54, 1.807) is 0 Å². The molecule has 0 unspecified atom stereocenters. The van der Waals surface area contributed by atoms with E-state index in [2.05, 4.69) is 47.0 Å². The smallest absolute Gasteiger partial charge is 0.0668 e. The van der Waals surface area contributed by atoms with Crippen LogP contribution in [0.1, 0.15) is 23.9 Å². The normalized spacial score (nSPS) is 11.4. The molecule has 0 atom stereocenters. The Hall–Kier alpha value is -0.570. The predicted octanol–water partition coefficient (Wildman–Crippen LogP) is 2.93. The zero-order valence-electron chi connectivity index (χ0n) is 8.34. The van der Waals surface area contributed by atoms with Crippen molar-refractivity contribution in [1.82, 2.24) is 9.78 Å². The molecule has 0 bridgehead atoms. The van der Waals surface area contributed by atoms with Crippen LogP contribution in [0.5, 0.6) is 0 Å². The maximum atomic E-state index is 4.43. The standard InChI is InChI=1S/C10H15BrN2/c1-4-13-9(3)10(6-5-7-11)8(2)12-13/h5-6H,4,7H2,1-3H3/b6-5+. The summed E-state index contributed by atoms with van der Waals surface area (Å²) in [5, 5.41) is 5.32. The average Bonchev–Trinajstić information content (AvgIpc) is 2.39. The molecule has 0 fully saturated rings. The van der Waals surface area contributed by atoms with E-state index in [0.717, 1.165) is 17.6 Å². The largest absolute Gasteiger partial charge is 0.269 e. The summed E-state index contributed by atoms with van der Waals surface area (Å²) in [5.74, 6) is 0. The number of aromatic nitrogens is 2. The molecular weight excluding hydrogens is 228 g/mol. The lowest BCUT2D eigenvalue weighted by molar-refractivity contribution is 0.634. The van der Waals surface area contributed by atoms with Gasteiger partial charge in [-0.25, -0.2) is 0 Å². The van der Waals surface area contributed by atoms with Crippen LogP contribution in [0.25, 0.3) is 6.08 Å². The van der Waals surface area contributed by atoms with Crippen molar-refractivity contribution in [3.05, 3.63) is 23.0 Å². The lowest BCUT2D eigenvalue weighted by Crippen LogP contribution is -1.98. The Labute approximate surface area is 87.8 Å². The number of hydrogen-bond donors (Lipinski definition) is 0. The van der Waals surface area contributed by atoms with Crippen molar-refractivity contribution >= 4 is 22.0 Å². The number of nitrogens with zero attached hydrogens (tertiary/aromatic N) is 2. The van der Waals surface area contributed by atoms with Crippen molar-refractivity contribution in [3.8, 4) is 0 Å². The zero-order chi connectivity index (χ0) is 9.84. The molecule has 0 aliphatic rings. The van der Waals surface area contributed by atoms with Crippen LogP contribution in [-0.2, 0) is 6.54 Å². The molecule has 1 rings (SSSR count). The summed E-state index contributed by atoms with van der Waals surface area (Å²) in [6, 6.07) is 0. The summed E-state index contributed by atoms with van der Waals surface area (Å²) in [6.07, 6.45) is 4.22. The maximum absolute atomic E-state index is 4.43. The molecule has 72 valence electrons. The molecular formula is C10H15BrN2. The van der Waals surface area contributed by atoms with E-state index >= 15 is 0 Å². The molecule has 0 saturated carbocycles. The van der Waals surface area contributed by atoms with Crippen LogP contribution in [-0.4, -0.2) is 15.1 Å². The third-order valence-electron chi connectivity index (χ3n) is 2.11. The SMILES string of the molecule is CCn1nc(C)c(/C=C/CBr)c1C. The summed E-state index contributed by atoms with van der Waals surface area (Å²) in [7, 11) is 0. The third kappa shape index (κ3) is 2.21. The van der Waals surface area contributed by atoms with Crippen LogP contribution >= 0.6 is 15.9 Å². The van der Waals surface area contributed by atoms with Crippen LogP contribution in [0, 0.1) is 13.8 Å². The monoisotopic (exact) mass is 242 g/mol. The van der Waals surface area contributed by atoms with Crippen LogP contribution < -0.4 is 0 Å². The van der Waals surface area contributed by atoms with Gasteiger partial charge in [-0.1, -0.05) is 28.1 Å². The zero-order valence-corrected chi connectivity index (χ0v) is 9.93. The van der Waals surface area contributed by atoms with E-state index < -0.39 is 0 Å². The molecule has 0 amide bonds. The predicted molar refractivity (Wildman–Crippen MR) is 60.2 cm³/mol. The average molecular weight is 243 g/mol. The fraction of sp³-hybridized carbons (Fsp3) is 0.500. The number of allylic oxidation sites excluding steroid dienone is 1. The summed E-state index contributed by atoms with van der Waals surface area (Å²) in [6.45, 7) is 7.21. The molecule has 0 radical (unpaired) electrons. The lowest BCUT2D eigenvalue weighted by Gasteiger charge is -1.97. The van der Waals surface area contributed by atoms with Gasteiger partial charge in [-0.3, -0.25) is 4.68 Å². The van der Waals surface area contributed by atoms with Crippen molar-refractivity contribution in [2.45, 2.75) is 27.3 Å². The van der Waals surface area contributed by atoms with Gasteiger partial charge in [-0.2, -0.15) is 5.10 Å².